The van der Waals surface area contributed by atoms with Crippen molar-refractivity contribution in [2.24, 2.45) is 0 Å². The summed E-state index contributed by atoms with van der Waals surface area (Å²) in [5, 5.41) is 0. The second-order valence-electron chi connectivity index (χ2n) is 7.30. The highest BCUT2D eigenvalue weighted by Crippen LogP contribution is 2.23. The van der Waals surface area contributed by atoms with Gasteiger partial charge in [0.2, 0.25) is 0 Å². The molecule has 1 fully saturated rings. The molecular formula is C23H30N2O2. The molecule has 0 saturated carbocycles. The van der Waals surface area contributed by atoms with Gasteiger partial charge in [0.1, 0.15) is 5.75 Å². The topological polar surface area (TPSA) is 32.8 Å². The molecule has 3 rings (SSSR count). The maximum Gasteiger partial charge on any atom is 0.263 e. The van der Waals surface area contributed by atoms with E-state index in [2.05, 4.69) is 42.2 Å². The Kier molecular flexibility index (Phi) is 6.51. The average molecular weight is 367 g/mol. The molecule has 2 aromatic carbocycles. The number of hydrogen-bond acceptors (Lipinski definition) is 3. The smallest absolute Gasteiger partial charge is 0.263 e. The minimum Gasteiger partial charge on any atom is -0.480 e. The highest BCUT2D eigenvalue weighted by molar-refractivity contribution is 5.81. The van der Waals surface area contributed by atoms with Gasteiger partial charge in [0.05, 0.1) is 0 Å². The molecule has 0 aromatic heterocycles. The Morgan fingerprint density at radius 2 is 1.70 bits per heavy atom. The Morgan fingerprint density at radius 3 is 2.37 bits per heavy atom. The fraction of sp³-hybridized carbons (Fsp3) is 0.435. The van der Waals surface area contributed by atoms with Crippen molar-refractivity contribution in [1.29, 1.82) is 0 Å². The molecule has 4 heteroatoms. The molecule has 0 N–H and O–H groups in total. The van der Waals surface area contributed by atoms with Crippen molar-refractivity contribution in [3.8, 4) is 5.75 Å². The van der Waals surface area contributed by atoms with Gasteiger partial charge in [0.15, 0.2) is 6.10 Å². The lowest BCUT2D eigenvalue weighted by molar-refractivity contribution is -0.140. The van der Waals surface area contributed by atoms with E-state index in [0.717, 1.165) is 44.0 Å². The Morgan fingerprint density at radius 1 is 1.00 bits per heavy atom. The van der Waals surface area contributed by atoms with E-state index in [0.29, 0.717) is 6.42 Å². The molecule has 1 unspecified atom stereocenters. The van der Waals surface area contributed by atoms with Crippen LogP contribution in [0.15, 0.2) is 48.5 Å². The lowest BCUT2D eigenvalue weighted by Gasteiger charge is -2.36. The quantitative estimate of drug-likeness (QED) is 0.779. The lowest BCUT2D eigenvalue weighted by Crippen LogP contribution is -2.52. The van der Waals surface area contributed by atoms with E-state index in [1.54, 1.807) is 0 Å². The molecule has 0 radical (unpaired) electrons. The summed E-state index contributed by atoms with van der Waals surface area (Å²) in [6.45, 7) is 10.4. The number of carbonyl (C=O) groups is 1. The van der Waals surface area contributed by atoms with Crippen LogP contribution in [0.1, 0.15) is 30.0 Å². The number of rotatable bonds is 6. The van der Waals surface area contributed by atoms with Crippen LogP contribution in [0.2, 0.25) is 0 Å². The predicted octanol–water partition coefficient (Wildman–Crippen LogP) is 3.81. The van der Waals surface area contributed by atoms with Gasteiger partial charge in [-0.3, -0.25) is 9.69 Å². The number of amides is 1. The minimum absolute atomic E-state index is 0.109. The highest BCUT2D eigenvalue weighted by atomic mass is 16.5. The van der Waals surface area contributed by atoms with Gasteiger partial charge in [-0.15, -0.1) is 0 Å². The Hall–Kier alpha value is -2.33. The molecule has 144 valence electrons. The molecule has 1 atom stereocenters. The fourth-order valence-corrected chi connectivity index (χ4v) is 3.49. The van der Waals surface area contributed by atoms with Crippen LogP contribution in [0.25, 0.3) is 0 Å². The molecule has 27 heavy (non-hydrogen) atoms. The first-order valence-electron chi connectivity index (χ1n) is 9.86. The van der Waals surface area contributed by atoms with Gasteiger partial charge in [0, 0.05) is 32.7 Å². The second kappa shape index (κ2) is 9.05. The highest BCUT2D eigenvalue weighted by Gasteiger charge is 2.28. The zero-order chi connectivity index (χ0) is 19.2. The van der Waals surface area contributed by atoms with Gasteiger partial charge in [-0.1, -0.05) is 49.4 Å². The van der Waals surface area contributed by atoms with Crippen molar-refractivity contribution >= 4 is 5.91 Å². The number of carbonyl (C=O) groups excluding carboxylic acids is 1. The second-order valence-corrected chi connectivity index (χ2v) is 7.30. The minimum atomic E-state index is -0.411. The van der Waals surface area contributed by atoms with Crippen molar-refractivity contribution < 1.29 is 9.53 Å². The predicted molar refractivity (Wildman–Crippen MR) is 109 cm³/mol. The third-order valence-corrected chi connectivity index (χ3v) is 5.40. The number of piperazine rings is 1. The molecule has 1 aliphatic heterocycles. The third-order valence-electron chi connectivity index (χ3n) is 5.40. The molecule has 1 saturated heterocycles. The van der Waals surface area contributed by atoms with E-state index in [9.17, 15) is 4.79 Å². The summed E-state index contributed by atoms with van der Waals surface area (Å²) in [5.41, 5.74) is 3.61. The fourth-order valence-electron chi connectivity index (χ4n) is 3.49. The van der Waals surface area contributed by atoms with Crippen LogP contribution in [-0.2, 0) is 11.3 Å². The first kappa shape index (κ1) is 19.4. The Bertz CT molecular complexity index is 752. The zero-order valence-corrected chi connectivity index (χ0v) is 16.6. The molecule has 0 spiro atoms. The van der Waals surface area contributed by atoms with Crippen LogP contribution in [0.5, 0.6) is 5.75 Å². The van der Waals surface area contributed by atoms with Crippen molar-refractivity contribution in [2.45, 2.75) is 39.8 Å². The number of benzene rings is 2. The summed E-state index contributed by atoms with van der Waals surface area (Å²) in [6.07, 6.45) is 0.266. The third kappa shape index (κ3) is 4.89. The van der Waals surface area contributed by atoms with E-state index in [-0.39, 0.29) is 5.91 Å². The molecule has 1 aliphatic rings. The normalized spacial score (nSPS) is 16.2. The molecule has 0 aliphatic carbocycles. The van der Waals surface area contributed by atoms with Crippen molar-refractivity contribution in [1.82, 2.24) is 9.80 Å². The number of hydrogen-bond donors (Lipinski definition) is 0. The largest absolute Gasteiger partial charge is 0.480 e. The summed E-state index contributed by atoms with van der Waals surface area (Å²) in [7, 11) is 0. The molecule has 4 nitrogen and oxygen atoms in total. The van der Waals surface area contributed by atoms with E-state index in [1.165, 1.54) is 11.1 Å². The summed E-state index contributed by atoms with van der Waals surface area (Å²) in [6, 6.07) is 16.5. The van der Waals surface area contributed by atoms with Crippen LogP contribution in [0.3, 0.4) is 0 Å². The first-order chi connectivity index (χ1) is 13.1. The maximum absolute atomic E-state index is 13.0. The monoisotopic (exact) mass is 366 g/mol. The van der Waals surface area contributed by atoms with Gasteiger partial charge in [-0.25, -0.2) is 0 Å². The van der Waals surface area contributed by atoms with Crippen LogP contribution >= 0.6 is 0 Å². The van der Waals surface area contributed by atoms with Crippen molar-refractivity contribution in [3.05, 3.63) is 65.2 Å². The van der Waals surface area contributed by atoms with Gasteiger partial charge in [0.25, 0.3) is 5.91 Å². The number of nitrogens with zero attached hydrogens (tertiary/aromatic N) is 2. The van der Waals surface area contributed by atoms with E-state index >= 15 is 0 Å². The average Bonchev–Trinajstić information content (AvgIpc) is 2.70. The van der Waals surface area contributed by atoms with Gasteiger partial charge < -0.3 is 9.64 Å². The van der Waals surface area contributed by atoms with Crippen LogP contribution < -0.4 is 4.74 Å². The molecule has 1 amide bonds. The number of ether oxygens (including phenoxy) is 1. The van der Waals surface area contributed by atoms with Crippen LogP contribution in [0.4, 0.5) is 0 Å². The van der Waals surface area contributed by atoms with Gasteiger partial charge >= 0.3 is 0 Å². The molecule has 2 aromatic rings. The molecule has 0 bridgehead atoms. The van der Waals surface area contributed by atoms with Gasteiger partial charge in [-0.2, -0.15) is 0 Å². The summed E-state index contributed by atoms with van der Waals surface area (Å²) in [5.74, 6) is 0.927. The maximum atomic E-state index is 13.0. The van der Waals surface area contributed by atoms with Crippen molar-refractivity contribution in [2.75, 3.05) is 26.2 Å². The van der Waals surface area contributed by atoms with E-state index in [1.807, 2.05) is 36.9 Å². The molecular weight excluding hydrogens is 336 g/mol. The number of aryl methyl sites for hydroxylation is 1. The van der Waals surface area contributed by atoms with Gasteiger partial charge in [-0.05, 0) is 43.0 Å². The summed E-state index contributed by atoms with van der Waals surface area (Å²) < 4.78 is 6.11. The Labute approximate surface area is 162 Å². The standard InChI is InChI=1S/C23H30N2O2/c1-4-21(27-22-12-8-9-18(2)19(22)3)23(26)25-15-13-24(14-16-25)17-20-10-6-5-7-11-20/h5-12,21H,4,13-17H2,1-3H3. The Balaban J connectivity index is 1.56. The first-order valence-corrected chi connectivity index (χ1v) is 9.86. The van der Waals surface area contributed by atoms with Crippen molar-refractivity contribution in [3.63, 3.8) is 0 Å². The SMILES string of the molecule is CCC(Oc1cccc(C)c1C)C(=O)N1CCN(Cc2ccccc2)CC1. The lowest BCUT2D eigenvalue weighted by atomic mass is 10.1. The summed E-state index contributed by atoms with van der Waals surface area (Å²) in [4.78, 5) is 17.3. The van der Waals surface area contributed by atoms with Crippen LogP contribution in [0, 0.1) is 13.8 Å². The van der Waals surface area contributed by atoms with Crippen LogP contribution in [-0.4, -0.2) is 48.0 Å². The summed E-state index contributed by atoms with van der Waals surface area (Å²) >= 11 is 0. The zero-order valence-electron chi connectivity index (χ0n) is 16.6. The molecule has 1 heterocycles. The van der Waals surface area contributed by atoms with E-state index < -0.39 is 6.10 Å². The van der Waals surface area contributed by atoms with E-state index in [4.69, 9.17) is 4.74 Å².